The lowest BCUT2D eigenvalue weighted by Gasteiger charge is -2.38. The summed E-state index contributed by atoms with van der Waals surface area (Å²) in [5.41, 5.74) is 8.98. The van der Waals surface area contributed by atoms with Gasteiger partial charge in [-0.2, -0.15) is 0 Å². The summed E-state index contributed by atoms with van der Waals surface area (Å²) in [7, 11) is 0. The molecule has 0 aromatic heterocycles. The highest BCUT2D eigenvalue weighted by Crippen LogP contribution is 2.22. The number of aryl methyl sites for hydroxylation is 2. The molecule has 19 heavy (non-hydrogen) atoms. The molecule has 1 aromatic carbocycles. The molecule has 1 aliphatic rings. The number of anilines is 1. The third-order valence-corrected chi connectivity index (χ3v) is 3.56. The first kappa shape index (κ1) is 13.9. The number of hydrogen-bond donors (Lipinski definition) is 1. The molecule has 1 aliphatic heterocycles. The molecule has 1 amide bonds. The van der Waals surface area contributed by atoms with Crippen molar-refractivity contribution >= 4 is 11.6 Å². The van der Waals surface area contributed by atoms with E-state index in [9.17, 15) is 4.79 Å². The molecule has 0 radical (unpaired) electrons. The number of carbonyl (C=O) groups is 1. The third kappa shape index (κ3) is 2.89. The number of rotatable bonds is 1. The lowest BCUT2D eigenvalue weighted by atomic mass is 10.0. The minimum absolute atomic E-state index is 0.0422. The number of morpholine rings is 1. The van der Waals surface area contributed by atoms with E-state index in [1.165, 1.54) is 0 Å². The molecule has 1 aromatic rings. The van der Waals surface area contributed by atoms with Gasteiger partial charge in [0.25, 0.3) is 5.91 Å². The summed E-state index contributed by atoms with van der Waals surface area (Å²) in [5.74, 6) is 0.0422. The van der Waals surface area contributed by atoms with E-state index in [1.807, 2.05) is 38.7 Å². The van der Waals surface area contributed by atoms with Crippen LogP contribution >= 0.6 is 0 Å². The van der Waals surface area contributed by atoms with Crippen LogP contribution in [0.15, 0.2) is 12.1 Å². The number of benzene rings is 1. The van der Waals surface area contributed by atoms with Crippen LogP contribution in [0.25, 0.3) is 0 Å². The molecule has 4 heteroatoms. The Labute approximate surface area is 114 Å². The minimum Gasteiger partial charge on any atom is -0.398 e. The summed E-state index contributed by atoms with van der Waals surface area (Å²) in [4.78, 5) is 14.4. The van der Waals surface area contributed by atoms with Gasteiger partial charge in [-0.05, 0) is 44.9 Å². The SMILES string of the molecule is Cc1cc(C)c(C(=O)N2CCOC(C)(C)C2)cc1N. The van der Waals surface area contributed by atoms with E-state index in [4.69, 9.17) is 10.5 Å². The smallest absolute Gasteiger partial charge is 0.254 e. The van der Waals surface area contributed by atoms with E-state index >= 15 is 0 Å². The van der Waals surface area contributed by atoms with Gasteiger partial charge in [0.05, 0.1) is 12.2 Å². The van der Waals surface area contributed by atoms with Crippen LogP contribution in [-0.4, -0.2) is 36.1 Å². The topological polar surface area (TPSA) is 55.6 Å². The van der Waals surface area contributed by atoms with Crippen molar-refractivity contribution in [1.82, 2.24) is 4.90 Å². The monoisotopic (exact) mass is 262 g/mol. The predicted molar refractivity (Wildman–Crippen MR) is 76.3 cm³/mol. The van der Waals surface area contributed by atoms with Crippen molar-refractivity contribution in [2.45, 2.75) is 33.3 Å². The maximum atomic E-state index is 12.6. The van der Waals surface area contributed by atoms with Crippen molar-refractivity contribution in [3.8, 4) is 0 Å². The van der Waals surface area contributed by atoms with Crippen LogP contribution in [0, 0.1) is 13.8 Å². The van der Waals surface area contributed by atoms with Crippen LogP contribution in [0.5, 0.6) is 0 Å². The number of hydrogen-bond acceptors (Lipinski definition) is 3. The largest absolute Gasteiger partial charge is 0.398 e. The minimum atomic E-state index is -0.280. The maximum absolute atomic E-state index is 12.6. The van der Waals surface area contributed by atoms with Crippen molar-refractivity contribution in [2.75, 3.05) is 25.4 Å². The Bertz CT molecular complexity index is 509. The number of carbonyl (C=O) groups excluding carboxylic acids is 1. The first-order valence-electron chi connectivity index (χ1n) is 6.60. The zero-order valence-corrected chi connectivity index (χ0v) is 12.1. The van der Waals surface area contributed by atoms with E-state index in [0.29, 0.717) is 30.9 Å². The van der Waals surface area contributed by atoms with E-state index in [2.05, 4.69) is 0 Å². The summed E-state index contributed by atoms with van der Waals surface area (Å²) in [6.07, 6.45) is 0. The number of nitrogen functional groups attached to an aromatic ring is 1. The molecule has 1 saturated heterocycles. The van der Waals surface area contributed by atoms with E-state index in [0.717, 1.165) is 11.1 Å². The Kier molecular flexibility index (Phi) is 3.54. The van der Waals surface area contributed by atoms with Crippen LogP contribution in [0.4, 0.5) is 5.69 Å². The average Bonchev–Trinajstić information content (AvgIpc) is 2.31. The maximum Gasteiger partial charge on any atom is 0.254 e. The second kappa shape index (κ2) is 4.85. The Balaban J connectivity index is 2.27. The highest BCUT2D eigenvalue weighted by Gasteiger charge is 2.30. The molecule has 104 valence electrons. The van der Waals surface area contributed by atoms with Gasteiger partial charge in [0.15, 0.2) is 0 Å². The van der Waals surface area contributed by atoms with Crippen LogP contribution < -0.4 is 5.73 Å². The lowest BCUT2D eigenvalue weighted by Crippen LogP contribution is -2.50. The quantitative estimate of drug-likeness (QED) is 0.789. The van der Waals surface area contributed by atoms with Gasteiger partial charge in [-0.25, -0.2) is 0 Å². The van der Waals surface area contributed by atoms with Crippen LogP contribution in [0.1, 0.15) is 35.3 Å². The fraction of sp³-hybridized carbons (Fsp3) is 0.533. The second-order valence-corrected chi connectivity index (χ2v) is 5.86. The number of nitrogens with two attached hydrogens (primary N) is 1. The highest BCUT2D eigenvalue weighted by molar-refractivity contribution is 5.96. The van der Waals surface area contributed by atoms with Crippen LogP contribution in [0.2, 0.25) is 0 Å². The summed E-state index contributed by atoms with van der Waals surface area (Å²) in [6.45, 7) is 9.74. The number of amides is 1. The zero-order chi connectivity index (χ0) is 14.2. The standard InChI is InChI=1S/C15H22N2O2/c1-10-7-11(2)13(16)8-12(10)14(18)17-5-6-19-15(3,4)9-17/h7-8H,5-6,9,16H2,1-4H3. The Morgan fingerprint density at radius 2 is 2.00 bits per heavy atom. The van der Waals surface area contributed by atoms with E-state index in [-0.39, 0.29) is 11.5 Å². The molecular weight excluding hydrogens is 240 g/mol. The summed E-state index contributed by atoms with van der Waals surface area (Å²) >= 11 is 0. The van der Waals surface area contributed by atoms with Gasteiger partial charge < -0.3 is 15.4 Å². The van der Waals surface area contributed by atoms with Crippen molar-refractivity contribution in [3.05, 3.63) is 28.8 Å². The third-order valence-electron chi connectivity index (χ3n) is 3.56. The second-order valence-electron chi connectivity index (χ2n) is 5.86. The first-order valence-corrected chi connectivity index (χ1v) is 6.60. The summed E-state index contributed by atoms with van der Waals surface area (Å²) in [5, 5.41) is 0. The fourth-order valence-electron chi connectivity index (χ4n) is 2.46. The van der Waals surface area contributed by atoms with Gasteiger partial charge in [0.2, 0.25) is 0 Å². The molecule has 0 spiro atoms. The van der Waals surface area contributed by atoms with E-state index in [1.54, 1.807) is 6.07 Å². The summed E-state index contributed by atoms with van der Waals surface area (Å²) in [6, 6.07) is 3.75. The van der Waals surface area contributed by atoms with Crippen LogP contribution in [-0.2, 0) is 4.74 Å². The van der Waals surface area contributed by atoms with Crippen LogP contribution in [0.3, 0.4) is 0 Å². The Morgan fingerprint density at radius 1 is 1.32 bits per heavy atom. The molecule has 0 saturated carbocycles. The highest BCUT2D eigenvalue weighted by atomic mass is 16.5. The molecule has 0 unspecified atom stereocenters. The average molecular weight is 262 g/mol. The fourth-order valence-corrected chi connectivity index (χ4v) is 2.46. The Morgan fingerprint density at radius 3 is 2.63 bits per heavy atom. The lowest BCUT2D eigenvalue weighted by molar-refractivity contribution is -0.0764. The van der Waals surface area contributed by atoms with Gasteiger partial charge in [-0.15, -0.1) is 0 Å². The molecular formula is C15H22N2O2. The van der Waals surface area contributed by atoms with Crippen molar-refractivity contribution in [2.24, 2.45) is 0 Å². The van der Waals surface area contributed by atoms with E-state index < -0.39 is 0 Å². The van der Waals surface area contributed by atoms with Gasteiger partial charge in [-0.1, -0.05) is 6.07 Å². The zero-order valence-electron chi connectivity index (χ0n) is 12.1. The number of ether oxygens (including phenoxy) is 1. The molecule has 2 N–H and O–H groups in total. The van der Waals surface area contributed by atoms with Crippen molar-refractivity contribution < 1.29 is 9.53 Å². The van der Waals surface area contributed by atoms with Gasteiger partial charge in [-0.3, -0.25) is 4.79 Å². The summed E-state index contributed by atoms with van der Waals surface area (Å²) < 4.78 is 5.64. The molecule has 4 nitrogen and oxygen atoms in total. The van der Waals surface area contributed by atoms with Gasteiger partial charge in [0, 0.05) is 24.3 Å². The molecule has 0 atom stereocenters. The number of nitrogens with zero attached hydrogens (tertiary/aromatic N) is 1. The first-order chi connectivity index (χ1) is 8.80. The van der Waals surface area contributed by atoms with Crippen molar-refractivity contribution in [3.63, 3.8) is 0 Å². The van der Waals surface area contributed by atoms with Gasteiger partial charge >= 0.3 is 0 Å². The van der Waals surface area contributed by atoms with Gasteiger partial charge in [0.1, 0.15) is 0 Å². The predicted octanol–water partition coefficient (Wildman–Crippen LogP) is 2.14. The molecule has 0 aliphatic carbocycles. The Hall–Kier alpha value is -1.55. The molecule has 1 heterocycles. The molecule has 1 fully saturated rings. The molecule has 0 bridgehead atoms. The normalized spacial score (nSPS) is 18.4. The molecule has 2 rings (SSSR count). The van der Waals surface area contributed by atoms with Crippen molar-refractivity contribution in [1.29, 1.82) is 0 Å².